The Balaban J connectivity index is 0.00000133. The van der Waals surface area contributed by atoms with E-state index in [-0.39, 0.29) is 12.4 Å². The molecule has 0 saturated carbocycles. The second kappa shape index (κ2) is 6.04. The lowest BCUT2D eigenvalue weighted by Crippen LogP contribution is -2.08. The molecule has 1 atom stereocenters. The molecule has 6 heteroatoms. The van der Waals surface area contributed by atoms with Gasteiger partial charge in [0.05, 0.1) is 13.0 Å². The molecule has 1 aromatic heterocycles. The summed E-state index contributed by atoms with van der Waals surface area (Å²) in [6, 6.07) is 7.64. The highest BCUT2D eigenvalue weighted by molar-refractivity contribution is 5.85. The minimum Gasteiger partial charge on any atom is -0.497 e. The van der Waals surface area contributed by atoms with E-state index in [0.29, 0.717) is 11.7 Å². The highest BCUT2D eigenvalue weighted by atomic mass is 35.5. The first kappa shape index (κ1) is 13.8. The van der Waals surface area contributed by atoms with E-state index in [1.54, 1.807) is 7.11 Å². The number of hydrogen-bond acceptors (Lipinski definition) is 5. The topological polar surface area (TPSA) is 60.2 Å². The predicted molar refractivity (Wildman–Crippen MR) is 73.8 cm³/mol. The molecule has 1 fully saturated rings. The minimum absolute atomic E-state index is 0. The molecule has 0 radical (unpaired) electrons. The molecule has 2 heterocycles. The summed E-state index contributed by atoms with van der Waals surface area (Å²) in [7, 11) is 1.65. The molecule has 1 aliphatic rings. The van der Waals surface area contributed by atoms with Gasteiger partial charge >= 0.3 is 0 Å². The second-order valence-electron chi connectivity index (χ2n) is 4.37. The lowest BCUT2D eigenvalue weighted by Gasteiger charge is -2.00. The van der Waals surface area contributed by atoms with Crippen LogP contribution < -0.4 is 10.1 Å². The van der Waals surface area contributed by atoms with E-state index in [1.807, 2.05) is 24.3 Å². The SMILES string of the molecule is COc1ccc(-c2noc([C@@H]3CCNC3)n2)cc1.Cl. The normalized spacial score (nSPS) is 18.1. The predicted octanol–water partition coefficient (Wildman–Crippen LogP) is 2.24. The maximum absolute atomic E-state index is 5.33. The van der Waals surface area contributed by atoms with Gasteiger partial charge in [-0.05, 0) is 37.2 Å². The van der Waals surface area contributed by atoms with E-state index in [1.165, 1.54) is 0 Å². The summed E-state index contributed by atoms with van der Waals surface area (Å²) in [6.07, 6.45) is 1.06. The first-order valence-corrected chi connectivity index (χ1v) is 6.05. The molecule has 2 aromatic rings. The van der Waals surface area contributed by atoms with Gasteiger partial charge in [-0.1, -0.05) is 5.16 Å². The fraction of sp³-hybridized carbons (Fsp3) is 0.385. The number of nitrogens with zero attached hydrogens (tertiary/aromatic N) is 2. The number of hydrogen-bond donors (Lipinski definition) is 1. The van der Waals surface area contributed by atoms with Crippen molar-refractivity contribution in [2.45, 2.75) is 12.3 Å². The molecule has 1 saturated heterocycles. The van der Waals surface area contributed by atoms with Crippen molar-refractivity contribution < 1.29 is 9.26 Å². The first-order valence-electron chi connectivity index (χ1n) is 6.05. The number of ether oxygens (including phenoxy) is 1. The Bertz CT molecular complexity index is 521. The van der Waals surface area contributed by atoms with Gasteiger partial charge in [0.2, 0.25) is 11.7 Å². The lowest BCUT2D eigenvalue weighted by molar-refractivity contribution is 0.359. The first-order chi connectivity index (χ1) is 8.86. The Morgan fingerprint density at radius 2 is 2.11 bits per heavy atom. The van der Waals surface area contributed by atoms with Gasteiger partial charge in [0.25, 0.3) is 0 Å². The highest BCUT2D eigenvalue weighted by Gasteiger charge is 2.22. The minimum atomic E-state index is 0. The quantitative estimate of drug-likeness (QED) is 0.935. The van der Waals surface area contributed by atoms with Crippen molar-refractivity contribution in [2.24, 2.45) is 0 Å². The van der Waals surface area contributed by atoms with Crippen LogP contribution in [0.15, 0.2) is 28.8 Å². The van der Waals surface area contributed by atoms with Gasteiger partial charge in [0.1, 0.15) is 5.75 Å². The average Bonchev–Trinajstić information content (AvgIpc) is 3.09. The van der Waals surface area contributed by atoms with Gasteiger partial charge in [-0.15, -0.1) is 12.4 Å². The van der Waals surface area contributed by atoms with Crippen molar-refractivity contribution in [1.82, 2.24) is 15.5 Å². The van der Waals surface area contributed by atoms with Crippen molar-refractivity contribution in [1.29, 1.82) is 0 Å². The molecule has 0 spiro atoms. The van der Waals surface area contributed by atoms with Gasteiger partial charge < -0.3 is 14.6 Å². The molecule has 102 valence electrons. The third-order valence-electron chi connectivity index (χ3n) is 3.20. The number of halogens is 1. The largest absolute Gasteiger partial charge is 0.497 e. The van der Waals surface area contributed by atoms with Crippen molar-refractivity contribution in [2.75, 3.05) is 20.2 Å². The van der Waals surface area contributed by atoms with E-state index >= 15 is 0 Å². The summed E-state index contributed by atoms with van der Waals surface area (Å²) in [4.78, 5) is 4.46. The molecule has 3 rings (SSSR count). The van der Waals surface area contributed by atoms with Crippen LogP contribution in [0.1, 0.15) is 18.2 Å². The second-order valence-corrected chi connectivity index (χ2v) is 4.37. The van der Waals surface area contributed by atoms with Crippen LogP contribution in [0.3, 0.4) is 0 Å². The van der Waals surface area contributed by atoms with E-state index in [2.05, 4.69) is 15.5 Å². The molecule has 19 heavy (non-hydrogen) atoms. The van der Waals surface area contributed by atoms with Crippen LogP contribution in [0.4, 0.5) is 0 Å². The molecule has 0 unspecified atom stereocenters. The third kappa shape index (κ3) is 2.88. The number of aromatic nitrogens is 2. The molecular weight excluding hydrogens is 266 g/mol. The Morgan fingerprint density at radius 3 is 2.74 bits per heavy atom. The maximum atomic E-state index is 5.33. The Hall–Kier alpha value is -1.59. The van der Waals surface area contributed by atoms with E-state index in [4.69, 9.17) is 9.26 Å². The molecule has 0 bridgehead atoms. The standard InChI is InChI=1S/C13H15N3O2.ClH/c1-17-11-4-2-9(3-5-11)12-15-13(18-16-12)10-6-7-14-8-10;/h2-5,10,14H,6-8H2,1H3;1H/t10-;/m1./s1. The maximum Gasteiger partial charge on any atom is 0.231 e. The average molecular weight is 282 g/mol. The lowest BCUT2D eigenvalue weighted by atomic mass is 10.1. The van der Waals surface area contributed by atoms with Crippen LogP contribution in [-0.4, -0.2) is 30.3 Å². The van der Waals surface area contributed by atoms with Crippen LogP contribution in [0.5, 0.6) is 5.75 Å². The van der Waals surface area contributed by atoms with Crippen LogP contribution in [0.25, 0.3) is 11.4 Å². The monoisotopic (exact) mass is 281 g/mol. The van der Waals surface area contributed by atoms with Gasteiger partial charge in [0.15, 0.2) is 0 Å². The number of nitrogens with one attached hydrogen (secondary N) is 1. The van der Waals surface area contributed by atoms with Crippen molar-refractivity contribution in [3.05, 3.63) is 30.2 Å². The molecular formula is C13H16ClN3O2. The van der Waals surface area contributed by atoms with Gasteiger partial charge in [-0.3, -0.25) is 0 Å². The van der Waals surface area contributed by atoms with E-state index in [9.17, 15) is 0 Å². The van der Waals surface area contributed by atoms with Crippen LogP contribution >= 0.6 is 12.4 Å². The molecule has 1 aliphatic heterocycles. The van der Waals surface area contributed by atoms with Gasteiger partial charge in [-0.2, -0.15) is 4.98 Å². The zero-order chi connectivity index (χ0) is 12.4. The number of methoxy groups -OCH3 is 1. The summed E-state index contributed by atoms with van der Waals surface area (Å²) in [5, 5.41) is 7.32. The van der Waals surface area contributed by atoms with Crippen molar-refractivity contribution >= 4 is 12.4 Å². The zero-order valence-corrected chi connectivity index (χ0v) is 11.4. The molecule has 1 aromatic carbocycles. The van der Waals surface area contributed by atoms with E-state index < -0.39 is 0 Å². The molecule has 0 amide bonds. The summed E-state index contributed by atoms with van der Waals surface area (Å²) in [6.45, 7) is 1.94. The smallest absolute Gasteiger partial charge is 0.231 e. The summed E-state index contributed by atoms with van der Waals surface area (Å²) in [5.74, 6) is 2.54. The van der Waals surface area contributed by atoms with Gasteiger partial charge in [-0.25, -0.2) is 0 Å². The van der Waals surface area contributed by atoms with Crippen molar-refractivity contribution in [3.8, 4) is 17.1 Å². The molecule has 0 aliphatic carbocycles. The highest BCUT2D eigenvalue weighted by Crippen LogP contribution is 2.24. The van der Waals surface area contributed by atoms with Crippen LogP contribution in [0.2, 0.25) is 0 Å². The summed E-state index contributed by atoms with van der Waals surface area (Å²) >= 11 is 0. The van der Waals surface area contributed by atoms with E-state index in [0.717, 1.165) is 36.7 Å². The molecule has 1 N–H and O–H groups in total. The van der Waals surface area contributed by atoms with Crippen molar-refractivity contribution in [3.63, 3.8) is 0 Å². The summed E-state index contributed by atoms with van der Waals surface area (Å²) in [5.41, 5.74) is 0.941. The third-order valence-corrected chi connectivity index (χ3v) is 3.20. The Kier molecular flexibility index (Phi) is 4.39. The fourth-order valence-corrected chi connectivity index (χ4v) is 2.12. The zero-order valence-electron chi connectivity index (χ0n) is 10.6. The molecule has 5 nitrogen and oxygen atoms in total. The number of benzene rings is 1. The Labute approximate surface area is 117 Å². The summed E-state index contributed by atoms with van der Waals surface area (Å²) < 4.78 is 10.4. The Morgan fingerprint density at radius 1 is 1.32 bits per heavy atom. The van der Waals surface area contributed by atoms with Gasteiger partial charge in [0, 0.05) is 12.1 Å². The number of rotatable bonds is 3. The van der Waals surface area contributed by atoms with Crippen LogP contribution in [0, 0.1) is 0 Å². The fourth-order valence-electron chi connectivity index (χ4n) is 2.12. The van der Waals surface area contributed by atoms with Crippen LogP contribution in [-0.2, 0) is 0 Å².